The van der Waals surface area contributed by atoms with Gasteiger partial charge in [-0.2, -0.15) is 0 Å². The van der Waals surface area contributed by atoms with E-state index in [0.29, 0.717) is 6.04 Å². The van der Waals surface area contributed by atoms with Gasteiger partial charge >= 0.3 is 0 Å². The van der Waals surface area contributed by atoms with E-state index in [9.17, 15) is 0 Å². The monoisotopic (exact) mass is 260 g/mol. The molecule has 1 heterocycles. The molecular formula is C15H20N2S. The lowest BCUT2D eigenvalue weighted by atomic mass is 10.1. The molecule has 0 fully saturated rings. The third-order valence-electron chi connectivity index (χ3n) is 2.85. The minimum Gasteiger partial charge on any atom is -0.309 e. The number of thiazole rings is 1. The Labute approximate surface area is 113 Å². The van der Waals surface area contributed by atoms with E-state index in [0.717, 1.165) is 23.7 Å². The van der Waals surface area contributed by atoms with Crippen molar-refractivity contribution in [3.8, 4) is 10.6 Å². The number of rotatable bonds is 5. The Morgan fingerprint density at radius 2 is 1.94 bits per heavy atom. The van der Waals surface area contributed by atoms with Crippen LogP contribution in [0.25, 0.3) is 10.6 Å². The van der Waals surface area contributed by atoms with Gasteiger partial charge in [-0.05, 0) is 12.0 Å². The number of aryl methyl sites for hydroxylation is 1. The van der Waals surface area contributed by atoms with Gasteiger partial charge in [-0.25, -0.2) is 4.98 Å². The molecule has 0 saturated heterocycles. The maximum Gasteiger partial charge on any atom is 0.123 e. The summed E-state index contributed by atoms with van der Waals surface area (Å²) in [4.78, 5) is 4.66. The molecular weight excluding hydrogens is 240 g/mol. The average Bonchev–Trinajstić information content (AvgIpc) is 2.85. The second-order valence-corrected chi connectivity index (χ2v) is 5.59. The highest BCUT2D eigenvalue weighted by atomic mass is 32.1. The van der Waals surface area contributed by atoms with Gasteiger partial charge in [-0.1, -0.05) is 45.0 Å². The van der Waals surface area contributed by atoms with Gasteiger partial charge in [-0.3, -0.25) is 0 Å². The van der Waals surface area contributed by atoms with Gasteiger partial charge < -0.3 is 5.32 Å². The van der Waals surface area contributed by atoms with Gasteiger partial charge in [0.2, 0.25) is 0 Å². The predicted molar refractivity (Wildman–Crippen MR) is 78.9 cm³/mol. The summed E-state index contributed by atoms with van der Waals surface area (Å²) < 4.78 is 0. The summed E-state index contributed by atoms with van der Waals surface area (Å²) in [6, 6.07) is 9.19. The van der Waals surface area contributed by atoms with Crippen LogP contribution in [-0.4, -0.2) is 11.0 Å². The fourth-order valence-electron chi connectivity index (χ4n) is 1.71. The topological polar surface area (TPSA) is 24.9 Å². The van der Waals surface area contributed by atoms with Crippen LogP contribution in [0.4, 0.5) is 0 Å². The first-order valence-corrected chi connectivity index (χ1v) is 7.34. The van der Waals surface area contributed by atoms with Crippen molar-refractivity contribution in [2.45, 2.75) is 39.8 Å². The van der Waals surface area contributed by atoms with E-state index in [1.165, 1.54) is 11.1 Å². The second kappa shape index (κ2) is 6.12. The van der Waals surface area contributed by atoms with Gasteiger partial charge in [0.25, 0.3) is 0 Å². The summed E-state index contributed by atoms with van der Waals surface area (Å²) in [7, 11) is 0. The van der Waals surface area contributed by atoms with Gasteiger partial charge in [0, 0.05) is 23.5 Å². The van der Waals surface area contributed by atoms with Crippen LogP contribution < -0.4 is 5.32 Å². The maximum atomic E-state index is 4.66. The van der Waals surface area contributed by atoms with Crippen LogP contribution in [-0.2, 0) is 13.0 Å². The molecule has 0 radical (unpaired) electrons. The van der Waals surface area contributed by atoms with Crippen molar-refractivity contribution in [3.05, 3.63) is 40.9 Å². The lowest BCUT2D eigenvalue weighted by Gasteiger charge is -2.04. The summed E-state index contributed by atoms with van der Waals surface area (Å²) in [6.07, 6.45) is 1.09. The molecule has 2 aromatic rings. The highest BCUT2D eigenvalue weighted by Crippen LogP contribution is 2.24. The zero-order valence-corrected chi connectivity index (χ0v) is 12.1. The molecule has 0 saturated carbocycles. The minimum atomic E-state index is 0.499. The van der Waals surface area contributed by atoms with Crippen LogP contribution in [0.2, 0.25) is 0 Å². The highest BCUT2D eigenvalue weighted by molar-refractivity contribution is 7.13. The Morgan fingerprint density at radius 3 is 2.56 bits per heavy atom. The van der Waals surface area contributed by atoms with E-state index in [4.69, 9.17) is 0 Å². The lowest BCUT2D eigenvalue weighted by molar-refractivity contribution is 0.583. The predicted octanol–water partition coefficient (Wildman–Crippen LogP) is 3.87. The van der Waals surface area contributed by atoms with E-state index >= 15 is 0 Å². The number of nitrogens with zero attached hydrogens (tertiary/aromatic N) is 1. The van der Waals surface area contributed by atoms with Crippen LogP contribution in [0.5, 0.6) is 0 Å². The van der Waals surface area contributed by atoms with Crippen molar-refractivity contribution >= 4 is 11.3 Å². The van der Waals surface area contributed by atoms with Crippen molar-refractivity contribution in [1.29, 1.82) is 0 Å². The molecule has 0 atom stereocenters. The Bertz CT molecular complexity index is 485. The fraction of sp³-hybridized carbons (Fsp3) is 0.400. The molecule has 0 unspecified atom stereocenters. The van der Waals surface area contributed by atoms with Crippen molar-refractivity contribution < 1.29 is 0 Å². The number of hydrogen-bond acceptors (Lipinski definition) is 3. The van der Waals surface area contributed by atoms with Crippen molar-refractivity contribution in [2.24, 2.45) is 0 Å². The quantitative estimate of drug-likeness (QED) is 0.882. The molecule has 2 rings (SSSR count). The number of aromatic nitrogens is 1. The molecule has 1 aromatic heterocycles. The largest absolute Gasteiger partial charge is 0.309 e. The summed E-state index contributed by atoms with van der Waals surface area (Å²) in [6.45, 7) is 7.32. The van der Waals surface area contributed by atoms with Gasteiger partial charge in [0.15, 0.2) is 0 Å². The molecule has 0 aliphatic heterocycles. The van der Waals surface area contributed by atoms with E-state index in [1.807, 2.05) is 0 Å². The molecule has 1 N–H and O–H groups in total. The first kappa shape index (κ1) is 13.2. The van der Waals surface area contributed by atoms with E-state index in [2.05, 4.69) is 60.7 Å². The number of nitrogens with one attached hydrogen (secondary N) is 1. The first-order valence-electron chi connectivity index (χ1n) is 6.46. The maximum absolute atomic E-state index is 4.66. The summed E-state index contributed by atoms with van der Waals surface area (Å²) in [5.74, 6) is 0. The standard InChI is InChI=1S/C15H20N2S/c1-4-12-5-7-13(8-6-12)15-17-14(10-18-15)9-16-11(2)3/h5-8,10-11,16H,4,9H2,1-3H3. The van der Waals surface area contributed by atoms with Crippen LogP contribution in [0.3, 0.4) is 0 Å². The van der Waals surface area contributed by atoms with Gasteiger partial charge in [-0.15, -0.1) is 11.3 Å². The highest BCUT2D eigenvalue weighted by Gasteiger charge is 2.05. The van der Waals surface area contributed by atoms with Crippen LogP contribution in [0, 0.1) is 0 Å². The third-order valence-corrected chi connectivity index (χ3v) is 3.79. The van der Waals surface area contributed by atoms with Gasteiger partial charge in [0.1, 0.15) is 5.01 Å². The molecule has 0 spiro atoms. The molecule has 0 aliphatic rings. The zero-order chi connectivity index (χ0) is 13.0. The molecule has 3 heteroatoms. The number of benzene rings is 1. The minimum absolute atomic E-state index is 0.499. The van der Waals surface area contributed by atoms with E-state index in [1.54, 1.807) is 11.3 Å². The van der Waals surface area contributed by atoms with Crippen molar-refractivity contribution in [2.75, 3.05) is 0 Å². The Balaban J connectivity index is 2.08. The van der Waals surface area contributed by atoms with Gasteiger partial charge in [0.05, 0.1) is 5.69 Å². The van der Waals surface area contributed by atoms with E-state index in [-0.39, 0.29) is 0 Å². The van der Waals surface area contributed by atoms with E-state index < -0.39 is 0 Å². The Kier molecular flexibility index (Phi) is 4.50. The molecule has 96 valence electrons. The van der Waals surface area contributed by atoms with Crippen LogP contribution in [0.1, 0.15) is 32.0 Å². The summed E-state index contributed by atoms with van der Waals surface area (Å²) >= 11 is 1.72. The SMILES string of the molecule is CCc1ccc(-c2nc(CNC(C)C)cs2)cc1. The van der Waals surface area contributed by atoms with Crippen molar-refractivity contribution in [3.63, 3.8) is 0 Å². The molecule has 1 aromatic carbocycles. The molecule has 18 heavy (non-hydrogen) atoms. The smallest absolute Gasteiger partial charge is 0.123 e. The lowest BCUT2D eigenvalue weighted by Crippen LogP contribution is -2.21. The second-order valence-electron chi connectivity index (χ2n) is 4.73. The normalized spacial score (nSPS) is 11.1. The van der Waals surface area contributed by atoms with Crippen molar-refractivity contribution in [1.82, 2.24) is 10.3 Å². The zero-order valence-electron chi connectivity index (χ0n) is 11.2. The third kappa shape index (κ3) is 3.40. The molecule has 0 bridgehead atoms. The van der Waals surface area contributed by atoms with Crippen LogP contribution >= 0.6 is 11.3 Å². The number of hydrogen-bond donors (Lipinski definition) is 1. The molecule has 0 amide bonds. The summed E-state index contributed by atoms with van der Waals surface area (Å²) in [5, 5.41) is 6.64. The van der Waals surface area contributed by atoms with Crippen LogP contribution in [0.15, 0.2) is 29.6 Å². The fourth-order valence-corrected chi connectivity index (χ4v) is 2.54. The molecule has 0 aliphatic carbocycles. The molecule has 2 nitrogen and oxygen atoms in total. The summed E-state index contributed by atoms with van der Waals surface area (Å²) in [5.41, 5.74) is 3.72. The average molecular weight is 260 g/mol. The Morgan fingerprint density at radius 1 is 1.22 bits per heavy atom. The Hall–Kier alpha value is -1.19. The first-order chi connectivity index (χ1) is 8.69.